The molecule has 4 aromatic rings. The van der Waals surface area contributed by atoms with Crippen molar-refractivity contribution in [3.63, 3.8) is 0 Å². The van der Waals surface area contributed by atoms with E-state index in [1.807, 2.05) is 48.5 Å². The van der Waals surface area contributed by atoms with Crippen LogP contribution in [0.4, 0.5) is 5.69 Å². The fourth-order valence-electron chi connectivity index (χ4n) is 4.79. The van der Waals surface area contributed by atoms with Crippen LogP contribution in [0.15, 0.2) is 125 Å². The third-order valence-corrected chi connectivity index (χ3v) is 8.81. The quantitative estimate of drug-likeness (QED) is 0.150. The third kappa shape index (κ3) is 7.04. The summed E-state index contributed by atoms with van der Waals surface area (Å²) in [6, 6.07) is 33.5. The van der Waals surface area contributed by atoms with Gasteiger partial charge in [0.1, 0.15) is 5.75 Å². The maximum Gasteiger partial charge on any atom is 0.270 e. The second-order valence-electron chi connectivity index (χ2n) is 10.0. The number of carbonyl (C=O) groups excluding carboxylic acids is 1. The Kier molecular flexibility index (Phi) is 9.38. The van der Waals surface area contributed by atoms with Crippen LogP contribution in [0.25, 0.3) is 0 Å². The summed E-state index contributed by atoms with van der Waals surface area (Å²) in [6.45, 7) is 0.407. The van der Waals surface area contributed by atoms with Gasteiger partial charge >= 0.3 is 0 Å². The number of sulfone groups is 1. The molecule has 0 bridgehead atoms. The van der Waals surface area contributed by atoms with Gasteiger partial charge in [-0.15, -0.1) is 0 Å². The number of aliphatic hydroxyl groups is 1. The summed E-state index contributed by atoms with van der Waals surface area (Å²) in [5.74, 6) is -0.0489. The van der Waals surface area contributed by atoms with Crippen molar-refractivity contribution in [3.05, 3.63) is 126 Å². The number of nitrogens with zero attached hydrogens (tertiary/aromatic N) is 1. The molecule has 1 amide bonds. The second-order valence-corrected chi connectivity index (χ2v) is 12.1. The van der Waals surface area contributed by atoms with Crippen LogP contribution >= 0.6 is 0 Å². The van der Waals surface area contributed by atoms with E-state index in [0.29, 0.717) is 35.6 Å². The molecule has 222 valence electrons. The van der Waals surface area contributed by atoms with Gasteiger partial charge in [0.15, 0.2) is 21.5 Å². The first-order chi connectivity index (χ1) is 20.9. The number of amides is 1. The van der Waals surface area contributed by atoms with E-state index in [1.165, 1.54) is 12.1 Å². The zero-order chi connectivity index (χ0) is 30.1. The monoisotopic (exact) mass is 599 g/mol. The molecule has 10 heteroatoms. The first-order valence-corrected chi connectivity index (χ1v) is 15.6. The van der Waals surface area contributed by atoms with Crippen LogP contribution in [0.3, 0.4) is 0 Å². The highest BCUT2D eigenvalue weighted by atomic mass is 32.2. The summed E-state index contributed by atoms with van der Waals surface area (Å²) in [4.78, 5) is 19.2. The van der Waals surface area contributed by atoms with E-state index in [-0.39, 0.29) is 29.6 Å². The molecule has 2 atom stereocenters. The first-order valence-electron chi connectivity index (χ1n) is 14.0. The molecule has 0 radical (unpaired) electrons. The van der Waals surface area contributed by atoms with Gasteiger partial charge in [-0.2, -0.15) is 0 Å². The zero-order valence-electron chi connectivity index (χ0n) is 23.4. The minimum absolute atomic E-state index is 0.0346. The number of hydrazine groups is 1. The number of hydrogen-bond donors (Lipinski definition) is 3. The van der Waals surface area contributed by atoms with Gasteiger partial charge in [-0.05, 0) is 54.1 Å². The van der Waals surface area contributed by atoms with Crippen molar-refractivity contribution >= 4 is 27.3 Å². The molecule has 1 aliphatic rings. The largest absolute Gasteiger partial charge is 0.494 e. The van der Waals surface area contributed by atoms with Crippen molar-refractivity contribution in [1.82, 2.24) is 5.43 Å². The predicted octanol–water partition coefficient (Wildman–Crippen LogP) is 4.71. The molecular weight excluding hydrogens is 566 g/mol. The van der Waals surface area contributed by atoms with Gasteiger partial charge in [-0.25, -0.2) is 13.4 Å². The highest BCUT2D eigenvalue weighted by Crippen LogP contribution is 2.43. The molecule has 43 heavy (non-hydrogen) atoms. The van der Waals surface area contributed by atoms with Gasteiger partial charge in [-0.1, -0.05) is 66.7 Å². The molecule has 0 aliphatic carbocycles. The van der Waals surface area contributed by atoms with Crippen LogP contribution < -0.4 is 15.6 Å². The minimum atomic E-state index is -3.75. The second kappa shape index (κ2) is 13.5. The lowest BCUT2D eigenvalue weighted by atomic mass is 9.85. The number of aliphatic hydroxyl groups excluding tert-OH is 1. The number of anilines is 1. The molecule has 0 saturated carbocycles. The Morgan fingerprint density at radius 2 is 1.51 bits per heavy atom. The van der Waals surface area contributed by atoms with Crippen molar-refractivity contribution < 1.29 is 27.8 Å². The van der Waals surface area contributed by atoms with Crippen molar-refractivity contribution in [2.75, 3.05) is 24.4 Å². The Morgan fingerprint density at radius 3 is 2.16 bits per heavy atom. The molecule has 1 aliphatic heterocycles. The van der Waals surface area contributed by atoms with Gasteiger partial charge in [0, 0.05) is 25.0 Å². The van der Waals surface area contributed by atoms with E-state index in [4.69, 9.17) is 19.6 Å². The maximum atomic E-state index is 14.2. The summed E-state index contributed by atoms with van der Waals surface area (Å²) >= 11 is 0. The molecule has 3 N–H and O–H groups in total. The summed E-state index contributed by atoms with van der Waals surface area (Å²) < 4.78 is 38.9. The Labute approximate surface area is 251 Å². The molecule has 0 fully saturated rings. The Bertz CT molecular complexity index is 1630. The lowest BCUT2D eigenvalue weighted by Crippen LogP contribution is -2.51. The van der Waals surface area contributed by atoms with Gasteiger partial charge in [-0.3, -0.25) is 15.6 Å². The van der Waals surface area contributed by atoms with Crippen molar-refractivity contribution in [3.8, 4) is 5.75 Å². The van der Waals surface area contributed by atoms with Crippen LogP contribution in [-0.4, -0.2) is 49.8 Å². The summed E-state index contributed by atoms with van der Waals surface area (Å²) in [5, 5.41) is 9.02. The fourth-order valence-corrected chi connectivity index (χ4v) is 6.18. The Morgan fingerprint density at radius 1 is 0.884 bits per heavy atom. The molecule has 1 heterocycles. The number of benzene rings is 4. The van der Waals surface area contributed by atoms with Gasteiger partial charge in [0.05, 0.1) is 22.9 Å². The number of aliphatic imine (C=N–C) groups is 1. The highest BCUT2D eigenvalue weighted by Gasteiger charge is 2.53. The summed E-state index contributed by atoms with van der Waals surface area (Å²) in [7, 11) is -3.75. The summed E-state index contributed by atoms with van der Waals surface area (Å²) in [6.07, 6.45) is -0.540. The lowest BCUT2D eigenvalue weighted by molar-refractivity contribution is -0.128. The van der Waals surface area contributed by atoms with Crippen LogP contribution in [0.2, 0.25) is 0 Å². The number of nitrogens with one attached hydrogen (secondary N) is 2. The molecule has 0 saturated heterocycles. The predicted molar refractivity (Wildman–Crippen MR) is 164 cm³/mol. The standard InChI is InChI=1S/C33H33N3O6S/c37-22-10-23-41-28-19-17-26(18-20-28)31-34-33(30(42-31)25-11-4-1-5-12-25,32(38)36-35-27-13-6-2-7-14-27)21-24-43(39,40)29-15-8-3-9-16-29/h1-9,11-20,30,35,37H,10,21-24H2,(H,36,38)/t30-,33-/m0/s1. The van der Waals surface area contributed by atoms with E-state index < -0.39 is 27.4 Å². The average molecular weight is 600 g/mol. The van der Waals surface area contributed by atoms with Crippen LogP contribution in [0.5, 0.6) is 5.75 Å². The van der Waals surface area contributed by atoms with Gasteiger partial charge in [0.25, 0.3) is 5.91 Å². The van der Waals surface area contributed by atoms with Gasteiger partial charge < -0.3 is 14.6 Å². The molecule has 9 nitrogen and oxygen atoms in total. The SMILES string of the molecule is O=C(NNc1ccccc1)[C@@]1(CCS(=O)(=O)c2ccccc2)N=C(c2ccc(OCCCO)cc2)O[C@H]1c1ccccc1. The van der Waals surface area contributed by atoms with E-state index in [1.54, 1.807) is 54.6 Å². The molecule has 0 aromatic heterocycles. The molecule has 0 spiro atoms. The molecular formula is C33H33N3O6S. The number of rotatable bonds is 13. The van der Waals surface area contributed by atoms with E-state index in [9.17, 15) is 13.2 Å². The Balaban J connectivity index is 1.52. The van der Waals surface area contributed by atoms with E-state index >= 15 is 0 Å². The fraction of sp³-hybridized carbons (Fsp3) is 0.212. The van der Waals surface area contributed by atoms with Crippen molar-refractivity contribution in [2.45, 2.75) is 29.4 Å². The number of carbonyl (C=O) groups is 1. The third-order valence-electron chi connectivity index (χ3n) is 7.08. The van der Waals surface area contributed by atoms with Crippen LogP contribution in [-0.2, 0) is 19.4 Å². The zero-order valence-corrected chi connectivity index (χ0v) is 24.2. The van der Waals surface area contributed by atoms with Crippen LogP contribution in [0.1, 0.15) is 30.1 Å². The molecule has 0 unspecified atom stereocenters. The number of ether oxygens (including phenoxy) is 2. The van der Waals surface area contributed by atoms with E-state index in [0.717, 1.165) is 0 Å². The van der Waals surface area contributed by atoms with Crippen molar-refractivity contribution in [1.29, 1.82) is 0 Å². The van der Waals surface area contributed by atoms with Crippen LogP contribution in [0, 0.1) is 0 Å². The van der Waals surface area contributed by atoms with Gasteiger partial charge in [0.2, 0.25) is 5.90 Å². The number of para-hydroxylation sites is 1. The lowest BCUT2D eigenvalue weighted by Gasteiger charge is -2.30. The average Bonchev–Trinajstić information content (AvgIpc) is 3.45. The van der Waals surface area contributed by atoms with E-state index in [2.05, 4.69) is 10.9 Å². The smallest absolute Gasteiger partial charge is 0.270 e. The van der Waals surface area contributed by atoms with Crippen molar-refractivity contribution in [2.24, 2.45) is 4.99 Å². The molecule has 4 aromatic carbocycles. The topological polar surface area (TPSA) is 126 Å². The normalized spacial score (nSPS) is 17.9. The summed E-state index contributed by atoms with van der Waals surface area (Å²) in [5.41, 5.74) is 5.99. The maximum absolute atomic E-state index is 14.2. The minimum Gasteiger partial charge on any atom is -0.494 e. The Hall–Kier alpha value is -4.67. The molecule has 5 rings (SSSR count). The number of hydrogen-bond acceptors (Lipinski definition) is 8. The first kappa shape index (κ1) is 29.8. The highest BCUT2D eigenvalue weighted by molar-refractivity contribution is 7.91.